The summed E-state index contributed by atoms with van der Waals surface area (Å²) in [6.45, 7) is 7.93. The van der Waals surface area contributed by atoms with Gasteiger partial charge < -0.3 is 0 Å². The van der Waals surface area contributed by atoms with Crippen LogP contribution in [0.3, 0.4) is 0 Å². The molecule has 0 amide bonds. The molecule has 0 aliphatic rings. The molecule has 1 aromatic rings. The fourth-order valence-corrected chi connectivity index (χ4v) is 0.766. The van der Waals surface area contributed by atoms with Crippen molar-refractivity contribution in [1.82, 2.24) is 0 Å². The van der Waals surface area contributed by atoms with Gasteiger partial charge in [0, 0.05) is 0 Å². The average molecular weight is 164 g/mol. The van der Waals surface area contributed by atoms with Gasteiger partial charge in [0.05, 0.1) is 0 Å². The van der Waals surface area contributed by atoms with Gasteiger partial charge in [0.15, 0.2) is 0 Å². The summed E-state index contributed by atoms with van der Waals surface area (Å²) in [6.07, 6.45) is 3.85. The van der Waals surface area contributed by atoms with E-state index in [0.717, 1.165) is 5.56 Å². The smallest absolute Gasteiger partial charge is 0.123 e. The van der Waals surface area contributed by atoms with Crippen LogP contribution in [-0.4, -0.2) is 0 Å². The zero-order valence-electron chi connectivity index (χ0n) is 7.26. The molecular weight excluding hydrogens is 151 g/mol. The van der Waals surface area contributed by atoms with E-state index in [1.165, 1.54) is 12.1 Å². The number of halogens is 1. The van der Waals surface area contributed by atoms with E-state index >= 15 is 0 Å². The third-order valence-corrected chi connectivity index (χ3v) is 1.23. The zero-order valence-corrected chi connectivity index (χ0v) is 7.26. The van der Waals surface area contributed by atoms with Crippen molar-refractivity contribution in [2.45, 2.75) is 6.92 Å². The van der Waals surface area contributed by atoms with Crippen LogP contribution in [0.15, 0.2) is 43.5 Å². The molecule has 0 aromatic heterocycles. The van der Waals surface area contributed by atoms with Crippen molar-refractivity contribution in [3.05, 3.63) is 54.9 Å². The van der Waals surface area contributed by atoms with Gasteiger partial charge in [-0.1, -0.05) is 24.3 Å². The second-order valence-electron chi connectivity index (χ2n) is 2.05. The molecule has 12 heavy (non-hydrogen) atoms. The Morgan fingerprint density at radius 1 is 1.17 bits per heavy atom. The van der Waals surface area contributed by atoms with Crippen LogP contribution in [0, 0.1) is 5.82 Å². The van der Waals surface area contributed by atoms with Crippen molar-refractivity contribution < 1.29 is 4.39 Å². The van der Waals surface area contributed by atoms with Crippen LogP contribution >= 0.6 is 0 Å². The standard InChI is InChI=1S/C9H9F.C2H4/c1-2-3-8-4-6-9(10)7-5-8;1-2/h2-7H,1H3;1-2H2/b3-2+;. The van der Waals surface area contributed by atoms with E-state index in [2.05, 4.69) is 13.2 Å². The summed E-state index contributed by atoms with van der Waals surface area (Å²) in [5, 5.41) is 0. The van der Waals surface area contributed by atoms with Gasteiger partial charge in [-0.2, -0.15) is 0 Å². The largest absolute Gasteiger partial charge is 0.207 e. The number of hydrogen-bond donors (Lipinski definition) is 0. The quantitative estimate of drug-likeness (QED) is 0.555. The maximum absolute atomic E-state index is 12.3. The molecule has 64 valence electrons. The zero-order chi connectivity index (χ0) is 9.40. The average Bonchev–Trinajstić information content (AvgIpc) is 2.13. The van der Waals surface area contributed by atoms with Crippen LogP contribution in [0.5, 0.6) is 0 Å². The Morgan fingerprint density at radius 2 is 1.67 bits per heavy atom. The van der Waals surface area contributed by atoms with Crippen molar-refractivity contribution in [3.8, 4) is 0 Å². The first-order valence-electron chi connectivity index (χ1n) is 3.71. The molecule has 0 aliphatic carbocycles. The second kappa shape index (κ2) is 6.35. The van der Waals surface area contributed by atoms with E-state index in [4.69, 9.17) is 0 Å². The molecule has 0 nitrogen and oxygen atoms in total. The van der Waals surface area contributed by atoms with Gasteiger partial charge in [-0.3, -0.25) is 0 Å². The van der Waals surface area contributed by atoms with Crippen LogP contribution in [0.2, 0.25) is 0 Å². The Balaban J connectivity index is 0.000000561. The molecule has 0 saturated carbocycles. The SMILES string of the molecule is C/C=C/c1ccc(F)cc1.C=C. The van der Waals surface area contributed by atoms with E-state index in [9.17, 15) is 4.39 Å². The van der Waals surface area contributed by atoms with Crippen LogP contribution in [0.25, 0.3) is 6.08 Å². The molecule has 0 N–H and O–H groups in total. The molecule has 0 unspecified atom stereocenters. The Kier molecular flexibility index (Phi) is 5.62. The fraction of sp³-hybridized carbons (Fsp3) is 0.0909. The normalized spacial score (nSPS) is 9.17. The minimum Gasteiger partial charge on any atom is -0.207 e. The van der Waals surface area contributed by atoms with E-state index in [1.807, 2.05) is 19.1 Å². The van der Waals surface area contributed by atoms with E-state index in [1.54, 1.807) is 12.1 Å². The van der Waals surface area contributed by atoms with Gasteiger partial charge >= 0.3 is 0 Å². The minimum absolute atomic E-state index is 0.187. The lowest BCUT2D eigenvalue weighted by Crippen LogP contribution is -1.72. The molecule has 0 radical (unpaired) electrons. The number of benzene rings is 1. The molecule has 0 saturated heterocycles. The third-order valence-electron chi connectivity index (χ3n) is 1.23. The van der Waals surface area contributed by atoms with Gasteiger partial charge in [-0.15, -0.1) is 13.2 Å². The minimum atomic E-state index is -0.187. The summed E-state index contributed by atoms with van der Waals surface area (Å²) in [7, 11) is 0. The van der Waals surface area contributed by atoms with Crippen molar-refractivity contribution in [2.75, 3.05) is 0 Å². The molecular formula is C11H13F. The highest BCUT2D eigenvalue weighted by molar-refractivity contribution is 5.48. The molecule has 1 rings (SSSR count). The first kappa shape index (κ1) is 10.6. The molecule has 0 bridgehead atoms. The Morgan fingerprint density at radius 3 is 2.08 bits per heavy atom. The van der Waals surface area contributed by atoms with Crippen molar-refractivity contribution in [2.24, 2.45) is 0 Å². The number of rotatable bonds is 1. The summed E-state index contributed by atoms with van der Waals surface area (Å²) < 4.78 is 12.3. The lowest BCUT2D eigenvalue weighted by atomic mass is 10.2. The predicted octanol–water partition coefficient (Wildman–Crippen LogP) is 3.66. The van der Waals surface area contributed by atoms with E-state index < -0.39 is 0 Å². The Bertz CT molecular complexity index is 234. The number of allylic oxidation sites excluding steroid dienone is 1. The summed E-state index contributed by atoms with van der Waals surface area (Å²) in [5.74, 6) is -0.187. The monoisotopic (exact) mass is 164 g/mol. The molecule has 1 heteroatoms. The first-order chi connectivity index (χ1) is 5.83. The summed E-state index contributed by atoms with van der Waals surface area (Å²) in [5.41, 5.74) is 1.03. The molecule has 0 atom stereocenters. The molecule has 0 heterocycles. The summed E-state index contributed by atoms with van der Waals surface area (Å²) in [6, 6.07) is 6.40. The lowest BCUT2D eigenvalue weighted by molar-refractivity contribution is 0.628. The molecule has 0 fully saturated rings. The van der Waals surface area contributed by atoms with Gasteiger partial charge in [0.25, 0.3) is 0 Å². The highest BCUT2D eigenvalue weighted by atomic mass is 19.1. The topological polar surface area (TPSA) is 0 Å². The van der Waals surface area contributed by atoms with Gasteiger partial charge in [0.2, 0.25) is 0 Å². The molecule has 1 aromatic carbocycles. The van der Waals surface area contributed by atoms with Gasteiger partial charge in [0.1, 0.15) is 5.82 Å². The third kappa shape index (κ3) is 3.71. The Labute approximate surface area is 73.0 Å². The lowest BCUT2D eigenvalue weighted by Gasteiger charge is -1.90. The van der Waals surface area contributed by atoms with Crippen LogP contribution in [0.4, 0.5) is 4.39 Å². The summed E-state index contributed by atoms with van der Waals surface area (Å²) >= 11 is 0. The van der Waals surface area contributed by atoms with Crippen LogP contribution in [-0.2, 0) is 0 Å². The molecule has 0 aliphatic heterocycles. The maximum atomic E-state index is 12.3. The van der Waals surface area contributed by atoms with Crippen LogP contribution < -0.4 is 0 Å². The number of hydrogen-bond acceptors (Lipinski definition) is 0. The summed E-state index contributed by atoms with van der Waals surface area (Å²) in [4.78, 5) is 0. The highest BCUT2D eigenvalue weighted by Gasteiger charge is 1.86. The van der Waals surface area contributed by atoms with E-state index in [0.29, 0.717) is 0 Å². The maximum Gasteiger partial charge on any atom is 0.123 e. The Hall–Kier alpha value is -1.37. The molecule has 0 spiro atoms. The predicted molar refractivity (Wildman–Crippen MR) is 52.4 cm³/mol. The second-order valence-corrected chi connectivity index (χ2v) is 2.05. The highest BCUT2D eigenvalue weighted by Crippen LogP contribution is 2.03. The van der Waals surface area contributed by atoms with E-state index in [-0.39, 0.29) is 5.82 Å². The van der Waals surface area contributed by atoms with Gasteiger partial charge in [-0.25, -0.2) is 4.39 Å². The van der Waals surface area contributed by atoms with Crippen molar-refractivity contribution in [1.29, 1.82) is 0 Å². The van der Waals surface area contributed by atoms with Gasteiger partial charge in [-0.05, 0) is 24.6 Å². The van der Waals surface area contributed by atoms with Crippen LogP contribution in [0.1, 0.15) is 12.5 Å². The first-order valence-corrected chi connectivity index (χ1v) is 3.71. The fourth-order valence-electron chi connectivity index (χ4n) is 0.766. The van der Waals surface area contributed by atoms with Crippen molar-refractivity contribution in [3.63, 3.8) is 0 Å². The van der Waals surface area contributed by atoms with Crippen molar-refractivity contribution >= 4 is 6.08 Å².